The highest BCUT2D eigenvalue weighted by molar-refractivity contribution is 6.19. The molecule has 124 valence electrons. The van der Waals surface area contributed by atoms with Gasteiger partial charge in [-0.15, -0.1) is 11.6 Å². The minimum absolute atomic E-state index is 0.0356. The molecule has 1 rings (SSSR count). The molecule has 0 aliphatic rings. The van der Waals surface area contributed by atoms with E-state index in [9.17, 15) is 4.79 Å². The summed E-state index contributed by atoms with van der Waals surface area (Å²) in [6.07, 6.45) is 0.998. The van der Waals surface area contributed by atoms with Crippen LogP contribution in [0.2, 0.25) is 0 Å². The third-order valence-electron chi connectivity index (χ3n) is 3.34. The molecule has 0 unspecified atom stereocenters. The summed E-state index contributed by atoms with van der Waals surface area (Å²) < 4.78 is 5.68. The quantitative estimate of drug-likeness (QED) is 0.560. The number of benzene rings is 1. The first-order valence-electron chi connectivity index (χ1n) is 7.56. The van der Waals surface area contributed by atoms with E-state index in [1.807, 2.05) is 38.1 Å². The highest BCUT2D eigenvalue weighted by Gasteiger charge is 2.25. The Balaban J connectivity index is 2.37. The molecule has 0 spiro atoms. The summed E-state index contributed by atoms with van der Waals surface area (Å²) in [7, 11) is 4.10. The average Bonchev–Trinajstić information content (AvgIpc) is 2.50. The van der Waals surface area contributed by atoms with Gasteiger partial charge in [0.1, 0.15) is 5.75 Å². The topological polar surface area (TPSA) is 41.6 Å². The SMILES string of the molecule is CN(C)CCCOc1ccc(CNC(=O)C(C)(C)CCl)cc1. The summed E-state index contributed by atoms with van der Waals surface area (Å²) in [5, 5.41) is 2.90. The number of amides is 1. The van der Waals surface area contributed by atoms with Crippen LogP contribution >= 0.6 is 11.6 Å². The second kappa shape index (κ2) is 9.01. The highest BCUT2D eigenvalue weighted by atomic mass is 35.5. The number of carbonyl (C=O) groups is 1. The number of hydrogen-bond donors (Lipinski definition) is 1. The number of nitrogens with zero attached hydrogens (tertiary/aromatic N) is 1. The Hall–Kier alpha value is -1.26. The summed E-state index contributed by atoms with van der Waals surface area (Å²) in [6, 6.07) is 7.80. The van der Waals surface area contributed by atoms with Gasteiger partial charge in [0, 0.05) is 19.0 Å². The van der Waals surface area contributed by atoms with E-state index in [-0.39, 0.29) is 5.91 Å². The standard InChI is InChI=1S/C17H27ClN2O2/c1-17(2,13-18)16(21)19-12-14-6-8-15(9-7-14)22-11-5-10-20(3)4/h6-9H,5,10-13H2,1-4H3,(H,19,21). The summed E-state index contributed by atoms with van der Waals surface area (Å²) in [5.41, 5.74) is 0.496. The van der Waals surface area contributed by atoms with Crippen LogP contribution in [-0.2, 0) is 11.3 Å². The van der Waals surface area contributed by atoms with Crippen LogP contribution in [-0.4, -0.2) is 43.9 Å². The number of ether oxygens (including phenoxy) is 1. The first-order chi connectivity index (χ1) is 10.3. The smallest absolute Gasteiger partial charge is 0.227 e. The molecular weight excluding hydrogens is 300 g/mol. The molecule has 1 N–H and O–H groups in total. The zero-order chi connectivity index (χ0) is 16.6. The van der Waals surface area contributed by atoms with Gasteiger partial charge in [-0.05, 0) is 52.1 Å². The summed E-state index contributed by atoms with van der Waals surface area (Å²) >= 11 is 5.79. The van der Waals surface area contributed by atoms with Crippen molar-refractivity contribution < 1.29 is 9.53 Å². The summed E-state index contributed by atoms with van der Waals surface area (Å²) in [6.45, 7) is 5.89. The van der Waals surface area contributed by atoms with Crippen LogP contribution in [0.1, 0.15) is 25.8 Å². The van der Waals surface area contributed by atoms with Crippen LogP contribution in [0.15, 0.2) is 24.3 Å². The second-order valence-electron chi connectivity index (χ2n) is 6.35. The fraction of sp³-hybridized carbons (Fsp3) is 0.588. The maximum atomic E-state index is 11.9. The van der Waals surface area contributed by atoms with Crippen LogP contribution in [0, 0.1) is 5.41 Å². The number of halogens is 1. The van der Waals surface area contributed by atoms with Gasteiger partial charge < -0.3 is 15.0 Å². The van der Waals surface area contributed by atoms with Crippen molar-refractivity contribution in [2.45, 2.75) is 26.8 Å². The number of rotatable bonds is 9. The molecule has 1 aromatic carbocycles. The van der Waals surface area contributed by atoms with Gasteiger partial charge in [0.25, 0.3) is 0 Å². The van der Waals surface area contributed by atoms with Gasteiger partial charge >= 0.3 is 0 Å². The molecule has 1 aromatic rings. The molecule has 0 aliphatic heterocycles. The number of hydrogen-bond acceptors (Lipinski definition) is 3. The first kappa shape index (κ1) is 18.8. The maximum Gasteiger partial charge on any atom is 0.227 e. The average molecular weight is 327 g/mol. The molecule has 0 aliphatic carbocycles. The van der Waals surface area contributed by atoms with Crippen molar-refractivity contribution >= 4 is 17.5 Å². The zero-order valence-corrected chi connectivity index (χ0v) is 14.7. The van der Waals surface area contributed by atoms with E-state index in [4.69, 9.17) is 16.3 Å². The zero-order valence-electron chi connectivity index (χ0n) is 14.0. The normalized spacial score (nSPS) is 11.5. The van der Waals surface area contributed by atoms with Gasteiger partial charge in [0.15, 0.2) is 0 Å². The molecule has 0 aromatic heterocycles. The van der Waals surface area contributed by atoms with Crippen molar-refractivity contribution in [3.8, 4) is 5.75 Å². The van der Waals surface area contributed by atoms with Crippen LogP contribution < -0.4 is 10.1 Å². The summed E-state index contributed by atoms with van der Waals surface area (Å²) in [4.78, 5) is 14.1. The van der Waals surface area contributed by atoms with E-state index < -0.39 is 5.41 Å². The predicted octanol–water partition coefficient (Wildman–Crippen LogP) is 2.90. The summed E-state index contributed by atoms with van der Waals surface area (Å²) in [5.74, 6) is 1.12. The Morgan fingerprint density at radius 1 is 1.27 bits per heavy atom. The Labute approximate surface area is 138 Å². The third kappa shape index (κ3) is 6.67. The molecule has 5 heteroatoms. The van der Waals surface area contributed by atoms with E-state index >= 15 is 0 Å². The molecule has 0 saturated carbocycles. The molecule has 22 heavy (non-hydrogen) atoms. The van der Waals surface area contributed by atoms with Crippen LogP contribution in [0.5, 0.6) is 5.75 Å². The molecule has 0 saturated heterocycles. The fourth-order valence-electron chi connectivity index (χ4n) is 1.76. The molecule has 1 amide bonds. The van der Waals surface area contributed by atoms with Crippen molar-refractivity contribution in [2.75, 3.05) is 33.1 Å². The molecule has 0 bridgehead atoms. The van der Waals surface area contributed by atoms with E-state index in [0.29, 0.717) is 19.0 Å². The van der Waals surface area contributed by atoms with Gasteiger partial charge in [0.05, 0.1) is 12.0 Å². The Morgan fingerprint density at radius 2 is 1.91 bits per heavy atom. The van der Waals surface area contributed by atoms with E-state index in [0.717, 1.165) is 24.3 Å². The van der Waals surface area contributed by atoms with Crippen molar-refractivity contribution in [2.24, 2.45) is 5.41 Å². The van der Waals surface area contributed by atoms with Crippen LogP contribution in [0.25, 0.3) is 0 Å². The lowest BCUT2D eigenvalue weighted by Gasteiger charge is -2.20. The highest BCUT2D eigenvalue weighted by Crippen LogP contribution is 2.17. The molecule has 0 radical (unpaired) electrons. The van der Waals surface area contributed by atoms with Crippen LogP contribution in [0.4, 0.5) is 0 Å². The van der Waals surface area contributed by atoms with Gasteiger partial charge in [-0.3, -0.25) is 4.79 Å². The minimum Gasteiger partial charge on any atom is -0.494 e. The van der Waals surface area contributed by atoms with Crippen molar-refractivity contribution in [1.29, 1.82) is 0 Å². The van der Waals surface area contributed by atoms with E-state index in [1.165, 1.54) is 0 Å². The van der Waals surface area contributed by atoms with E-state index in [2.05, 4.69) is 24.3 Å². The molecule has 0 fully saturated rings. The molecule has 0 heterocycles. The number of carbonyl (C=O) groups excluding carboxylic acids is 1. The monoisotopic (exact) mass is 326 g/mol. The molecule has 4 nitrogen and oxygen atoms in total. The maximum absolute atomic E-state index is 11.9. The Kier molecular flexibility index (Phi) is 7.69. The van der Waals surface area contributed by atoms with Gasteiger partial charge in [-0.2, -0.15) is 0 Å². The van der Waals surface area contributed by atoms with Gasteiger partial charge in [-0.1, -0.05) is 12.1 Å². The molecule has 0 atom stereocenters. The fourth-order valence-corrected chi connectivity index (χ4v) is 1.88. The number of alkyl halides is 1. The lowest BCUT2D eigenvalue weighted by molar-refractivity contribution is -0.128. The van der Waals surface area contributed by atoms with Crippen molar-refractivity contribution in [1.82, 2.24) is 10.2 Å². The molecular formula is C17H27ClN2O2. The minimum atomic E-state index is -0.545. The van der Waals surface area contributed by atoms with Crippen LogP contribution in [0.3, 0.4) is 0 Å². The Bertz CT molecular complexity index is 458. The largest absolute Gasteiger partial charge is 0.494 e. The Morgan fingerprint density at radius 3 is 2.45 bits per heavy atom. The number of nitrogens with one attached hydrogen (secondary N) is 1. The first-order valence-corrected chi connectivity index (χ1v) is 8.09. The predicted molar refractivity (Wildman–Crippen MR) is 91.5 cm³/mol. The third-order valence-corrected chi connectivity index (χ3v) is 4.01. The second-order valence-corrected chi connectivity index (χ2v) is 6.62. The van der Waals surface area contributed by atoms with Gasteiger partial charge in [0.2, 0.25) is 5.91 Å². The van der Waals surface area contributed by atoms with Crippen molar-refractivity contribution in [3.63, 3.8) is 0 Å². The lowest BCUT2D eigenvalue weighted by atomic mass is 9.95. The lowest BCUT2D eigenvalue weighted by Crippen LogP contribution is -2.37. The van der Waals surface area contributed by atoms with Gasteiger partial charge in [-0.25, -0.2) is 0 Å². The van der Waals surface area contributed by atoms with E-state index in [1.54, 1.807) is 0 Å². The van der Waals surface area contributed by atoms with Crippen molar-refractivity contribution in [3.05, 3.63) is 29.8 Å².